The maximum Gasteiger partial charge on any atom is 0.251 e. The van der Waals surface area contributed by atoms with Crippen molar-refractivity contribution in [3.8, 4) is 5.75 Å². The summed E-state index contributed by atoms with van der Waals surface area (Å²) in [7, 11) is 0. The van der Waals surface area contributed by atoms with Gasteiger partial charge in [-0.2, -0.15) is 0 Å². The molecule has 30 heavy (non-hydrogen) atoms. The van der Waals surface area contributed by atoms with Crippen LogP contribution >= 0.6 is 0 Å². The van der Waals surface area contributed by atoms with Crippen LogP contribution in [0.1, 0.15) is 73.1 Å². The number of aryl methyl sites for hydroxylation is 1. The van der Waals surface area contributed by atoms with Crippen LogP contribution in [0, 0.1) is 12.8 Å². The number of nitrogens with one attached hydrogen (secondary N) is 1. The molecule has 160 valence electrons. The average molecular weight is 407 g/mol. The van der Waals surface area contributed by atoms with Crippen LogP contribution in [0.15, 0.2) is 42.5 Å². The highest BCUT2D eigenvalue weighted by Crippen LogP contribution is 2.40. The lowest BCUT2D eigenvalue weighted by atomic mass is 9.88. The highest BCUT2D eigenvalue weighted by Gasteiger charge is 2.34. The molecular formula is C26H34N2O2. The molecule has 4 heteroatoms. The van der Waals surface area contributed by atoms with E-state index in [9.17, 15) is 4.79 Å². The van der Waals surface area contributed by atoms with Gasteiger partial charge >= 0.3 is 0 Å². The molecule has 2 heterocycles. The summed E-state index contributed by atoms with van der Waals surface area (Å²) < 4.78 is 6.13. The van der Waals surface area contributed by atoms with Gasteiger partial charge in [-0.3, -0.25) is 9.69 Å². The normalized spacial score (nSPS) is 23.3. The van der Waals surface area contributed by atoms with Crippen molar-refractivity contribution in [3.05, 3.63) is 64.7 Å². The smallest absolute Gasteiger partial charge is 0.251 e. The maximum absolute atomic E-state index is 13.0. The monoisotopic (exact) mass is 406 g/mol. The Balaban J connectivity index is 1.44. The molecule has 2 aliphatic rings. The first-order valence-corrected chi connectivity index (χ1v) is 11.2. The summed E-state index contributed by atoms with van der Waals surface area (Å²) in [5.74, 6) is 1.62. The molecule has 4 nitrogen and oxygen atoms in total. The summed E-state index contributed by atoms with van der Waals surface area (Å²) in [5, 5.41) is 3.25. The summed E-state index contributed by atoms with van der Waals surface area (Å²) in [6, 6.07) is 14.3. The van der Waals surface area contributed by atoms with Crippen molar-refractivity contribution >= 4 is 5.91 Å². The molecule has 4 rings (SSSR count). The van der Waals surface area contributed by atoms with Gasteiger partial charge in [-0.15, -0.1) is 0 Å². The van der Waals surface area contributed by atoms with Crippen LogP contribution in [0.25, 0.3) is 0 Å². The number of hydrogen-bond donors (Lipinski definition) is 1. The van der Waals surface area contributed by atoms with Gasteiger partial charge in [0.25, 0.3) is 5.91 Å². The number of hydrogen-bond acceptors (Lipinski definition) is 3. The third-order valence-corrected chi connectivity index (χ3v) is 6.29. The zero-order valence-electron chi connectivity index (χ0n) is 18.7. The quantitative estimate of drug-likeness (QED) is 0.753. The van der Waals surface area contributed by atoms with E-state index in [1.807, 2.05) is 18.2 Å². The number of benzene rings is 2. The fourth-order valence-electron chi connectivity index (χ4n) is 4.79. The van der Waals surface area contributed by atoms with Gasteiger partial charge in [-0.05, 0) is 69.8 Å². The maximum atomic E-state index is 13.0. The van der Waals surface area contributed by atoms with Crippen molar-refractivity contribution in [1.29, 1.82) is 0 Å². The van der Waals surface area contributed by atoms with E-state index in [0.29, 0.717) is 5.56 Å². The van der Waals surface area contributed by atoms with E-state index >= 15 is 0 Å². The Morgan fingerprint density at radius 1 is 1.20 bits per heavy atom. The Labute approximate surface area is 180 Å². The van der Waals surface area contributed by atoms with Crippen LogP contribution < -0.4 is 10.1 Å². The van der Waals surface area contributed by atoms with Crippen molar-refractivity contribution in [2.45, 2.75) is 65.1 Å². The van der Waals surface area contributed by atoms with Crippen molar-refractivity contribution in [2.75, 3.05) is 13.1 Å². The van der Waals surface area contributed by atoms with Gasteiger partial charge < -0.3 is 10.1 Å². The van der Waals surface area contributed by atoms with E-state index in [1.54, 1.807) is 0 Å². The Morgan fingerprint density at radius 3 is 2.70 bits per heavy atom. The fraction of sp³-hybridized carbons (Fsp3) is 0.500. The van der Waals surface area contributed by atoms with E-state index in [0.717, 1.165) is 30.2 Å². The Hall–Kier alpha value is -2.33. The zero-order chi connectivity index (χ0) is 21.3. The molecule has 0 bridgehead atoms. The first-order valence-electron chi connectivity index (χ1n) is 11.2. The fourth-order valence-corrected chi connectivity index (χ4v) is 4.79. The third-order valence-electron chi connectivity index (χ3n) is 6.29. The van der Waals surface area contributed by atoms with Crippen LogP contribution in [0.5, 0.6) is 5.75 Å². The van der Waals surface area contributed by atoms with Crippen LogP contribution in [-0.4, -0.2) is 29.5 Å². The largest absolute Gasteiger partial charge is 0.487 e. The Kier molecular flexibility index (Phi) is 5.88. The molecule has 2 aliphatic heterocycles. The lowest BCUT2D eigenvalue weighted by molar-refractivity contribution is 0.0619. The zero-order valence-corrected chi connectivity index (χ0v) is 18.7. The Bertz CT molecular complexity index is 904. The highest BCUT2D eigenvalue weighted by molar-refractivity contribution is 5.94. The van der Waals surface area contributed by atoms with E-state index in [-0.39, 0.29) is 17.6 Å². The van der Waals surface area contributed by atoms with Crippen LogP contribution in [0.4, 0.5) is 0 Å². The third kappa shape index (κ3) is 4.86. The molecule has 0 aromatic heterocycles. The van der Waals surface area contributed by atoms with Gasteiger partial charge in [-0.25, -0.2) is 0 Å². The number of carbonyl (C=O) groups is 1. The molecule has 1 amide bonds. The second-order valence-corrected chi connectivity index (χ2v) is 9.81. The molecule has 2 aromatic rings. The summed E-state index contributed by atoms with van der Waals surface area (Å²) in [6.45, 7) is 11.9. The lowest BCUT2D eigenvalue weighted by Gasteiger charge is -2.38. The minimum absolute atomic E-state index is 0.0247. The van der Waals surface area contributed by atoms with Crippen molar-refractivity contribution in [1.82, 2.24) is 10.2 Å². The first kappa shape index (κ1) is 20.9. The summed E-state index contributed by atoms with van der Waals surface area (Å²) in [6.07, 6.45) is 3.37. The minimum atomic E-state index is -0.310. The molecule has 0 unspecified atom stereocenters. The van der Waals surface area contributed by atoms with Gasteiger partial charge in [0, 0.05) is 30.6 Å². The Morgan fingerprint density at radius 2 is 1.97 bits per heavy atom. The summed E-state index contributed by atoms with van der Waals surface area (Å²) in [4.78, 5) is 15.5. The van der Waals surface area contributed by atoms with Gasteiger partial charge in [0.05, 0.1) is 6.04 Å². The van der Waals surface area contributed by atoms with E-state index < -0.39 is 0 Å². The van der Waals surface area contributed by atoms with E-state index in [1.165, 1.54) is 37.1 Å². The number of ether oxygens (including phenoxy) is 1. The van der Waals surface area contributed by atoms with Crippen LogP contribution in [0.3, 0.4) is 0 Å². The van der Waals surface area contributed by atoms with Crippen molar-refractivity contribution in [2.24, 2.45) is 5.92 Å². The molecular weight excluding hydrogens is 372 g/mol. The number of amides is 1. The van der Waals surface area contributed by atoms with Gasteiger partial charge in [0.2, 0.25) is 0 Å². The molecule has 0 spiro atoms. The predicted molar refractivity (Wildman–Crippen MR) is 121 cm³/mol. The molecule has 1 N–H and O–H groups in total. The van der Waals surface area contributed by atoms with E-state index in [4.69, 9.17) is 4.74 Å². The molecule has 0 radical (unpaired) electrons. The number of piperidine rings is 1. The van der Waals surface area contributed by atoms with Crippen molar-refractivity contribution < 1.29 is 9.53 Å². The number of likely N-dealkylation sites (tertiary alicyclic amines) is 1. The minimum Gasteiger partial charge on any atom is -0.487 e. The SMILES string of the molecule is Cc1ccc2c(c1)[C@@H](NC(=O)c1ccc(CN3CCC[C@H](C)C3)cc1)CC(C)(C)O2. The first-order chi connectivity index (χ1) is 14.3. The second-order valence-electron chi connectivity index (χ2n) is 9.81. The molecule has 0 aliphatic carbocycles. The van der Waals surface area contributed by atoms with Gasteiger partial charge in [-0.1, -0.05) is 36.8 Å². The van der Waals surface area contributed by atoms with E-state index in [2.05, 4.69) is 62.2 Å². The lowest BCUT2D eigenvalue weighted by Crippen LogP contribution is -2.41. The van der Waals surface area contributed by atoms with Gasteiger partial charge in [0.1, 0.15) is 11.4 Å². The molecule has 1 fully saturated rings. The molecule has 2 aromatic carbocycles. The average Bonchev–Trinajstić information content (AvgIpc) is 2.68. The number of rotatable bonds is 4. The number of carbonyl (C=O) groups excluding carboxylic acids is 1. The van der Waals surface area contributed by atoms with Crippen LogP contribution in [0.2, 0.25) is 0 Å². The van der Waals surface area contributed by atoms with Crippen LogP contribution in [-0.2, 0) is 6.54 Å². The van der Waals surface area contributed by atoms with Gasteiger partial charge in [0.15, 0.2) is 0 Å². The molecule has 2 atom stereocenters. The summed E-state index contributed by atoms with van der Waals surface area (Å²) in [5.41, 5.74) is 3.92. The van der Waals surface area contributed by atoms with Crippen molar-refractivity contribution in [3.63, 3.8) is 0 Å². The number of fused-ring (bicyclic) bond motifs is 1. The second kappa shape index (κ2) is 8.43. The molecule has 1 saturated heterocycles. The molecule has 0 saturated carbocycles. The number of nitrogens with zero attached hydrogens (tertiary/aromatic N) is 1. The summed E-state index contributed by atoms with van der Waals surface area (Å²) >= 11 is 0. The topological polar surface area (TPSA) is 41.6 Å². The standard InChI is InChI=1S/C26H34N2O2/c1-18-7-12-24-22(14-18)23(15-26(3,4)30-24)27-25(29)21-10-8-20(9-11-21)17-28-13-5-6-19(2)16-28/h7-12,14,19,23H,5-6,13,15-17H2,1-4H3,(H,27,29)/t19-,23-/m0/s1. The predicted octanol–water partition coefficient (Wildman–Crippen LogP) is 5.26. The highest BCUT2D eigenvalue weighted by atomic mass is 16.5.